The molecule has 1 fully saturated rings. The van der Waals surface area contributed by atoms with Crippen molar-refractivity contribution in [1.82, 2.24) is 4.40 Å². The number of rotatable bonds is 1. The summed E-state index contributed by atoms with van der Waals surface area (Å²) < 4.78 is 32.8. The molecule has 0 unspecified atom stereocenters. The van der Waals surface area contributed by atoms with Crippen molar-refractivity contribution in [3.05, 3.63) is 0 Å². The predicted molar refractivity (Wildman–Crippen MR) is 138 cm³/mol. The van der Waals surface area contributed by atoms with Crippen molar-refractivity contribution in [2.45, 2.75) is 38.9 Å². The first kappa shape index (κ1) is 26.8. The Balaban J connectivity index is 1.96. The van der Waals surface area contributed by atoms with Gasteiger partial charge in [0.15, 0.2) is 28.5 Å². The third-order valence-corrected chi connectivity index (χ3v) is 7.60. The van der Waals surface area contributed by atoms with E-state index in [0.29, 0.717) is 4.40 Å². The topological polar surface area (TPSA) is 278 Å². The smallest absolute Gasteiger partial charge is 0.502 e. The second-order valence-corrected chi connectivity index (χ2v) is 10.5. The van der Waals surface area contributed by atoms with Gasteiger partial charge in [-0.05, 0) is 27.7 Å². The maximum atomic E-state index is 11.4. The van der Waals surface area contributed by atoms with E-state index < -0.39 is 120 Å². The molecule has 0 saturated carbocycles. The molecule has 0 atom stereocenters. The molecule has 1 aliphatic rings. The third-order valence-electron chi connectivity index (χ3n) is 7.60. The molecule has 3 aromatic carbocycles. The number of nitrogens with zero attached hydrogens (tertiary/aromatic N) is 1. The number of aromatic nitrogens is 1. The van der Waals surface area contributed by atoms with Gasteiger partial charge in [0.05, 0.1) is 16.7 Å². The summed E-state index contributed by atoms with van der Waals surface area (Å²) in [6.07, 6.45) is 0. The molecule has 1 aliphatic heterocycles. The molecule has 0 spiro atoms. The van der Waals surface area contributed by atoms with Gasteiger partial charge in [-0.1, -0.05) is 0 Å². The van der Waals surface area contributed by atoms with Gasteiger partial charge in [-0.3, -0.25) is 22.7 Å². The van der Waals surface area contributed by atoms with Gasteiger partial charge in [-0.25, -0.2) is 0 Å². The Hall–Kier alpha value is -5.36. The molecule has 0 bridgehead atoms. The Morgan fingerprint density at radius 1 is 0.429 bits per heavy atom. The number of hydrogen-bond donors (Lipinski definition) is 10. The van der Waals surface area contributed by atoms with Crippen LogP contribution in [0.15, 0.2) is 18.3 Å². The van der Waals surface area contributed by atoms with Gasteiger partial charge in [0.1, 0.15) is 11.0 Å². The van der Waals surface area contributed by atoms with Crippen LogP contribution in [0.1, 0.15) is 27.7 Å². The summed E-state index contributed by atoms with van der Waals surface area (Å²) >= 11 is 0. The summed E-state index contributed by atoms with van der Waals surface area (Å²) in [5.74, 6) is -11.9. The van der Waals surface area contributed by atoms with Gasteiger partial charge >= 0.3 is 7.12 Å². The zero-order chi connectivity index (χ0) is 30.8. The molecule has 0 aliphatic carbocycles. The van der Waals surface area contributed by atoms with E-state index in [0.717, 1.165) is 0 Å². The summed E-state index contributed by atoms with van der Waals surface area (Å²) in [5, 5.41) is 107. The van der Waals surface area contributed by atoms with E-state index >= 15 is 0 Å². The molecule has 3 heterocycles. The third kappa shape index (κ3) is 3.15. The molecular weight excluding hydrogens is 569 g/mol. The summed E-state index contributed by atoms with van der Waals surface area (Å²) in [5.41, 5.74) is -8.57. The van der Waals surface area contributed by atoms with Crippen LogP contribution in [-0.4, -0.2) is 73.8 Å². The molecule has 2 aromatic heterocycles. The largest absolute Gasteiger partial charge is 0.504 e. The standard InChI is InChI=1S/C24H22BNO16/c1-23(2)24(3,4)42-25(41-23)5-9(27)11(29)6-19(10(5)28)37-39-21-8-22(18(36)15(33)17(21)35)40-38-20-7(26(6)8)12(30)13(31)14(32)16(20)34/h27-36H,1-4H3. The first-order chi connectivity index (χ1) is 19.5. The van der Waals surface area contributed by atoms with E-state index in [-0.39, 0.29) is 0 Å². The molecule has 17 nitrogen and oxygen atoms in total. The van der Waals surface area contributed by atoms with E-state index in [1.165, 1.54) is 0 Å². The molecule has 10 N–H and O–H groups in total. The highest BCUT2D eigenvalue weighted by atomic mass is 17.0. The minimum absolute atomic E-state index is 0.544. The van der Waals surface area contributed by atoms with Crippen molar-refractivity contribution in [2.75, 3.05) is 0 Å². The number of aromatic hydroxyl groups is 10. The van der Waals surface area contributed by atoms with Gasteiger partial charge in [0, 0.05) is 0 Å². The molecule has 1 saturated heterocycles. The van der Waals surface area contributed by atoms with Crippen molar-refractivity contribution in [3.8, 4) is 57.5 Å². The molecule has 42 heavy (non-hydrogen) atoms. The van der Waals surface area contributed by atoms with E-state index in [1.54, 1.807) is 27.7 Å². The minimum atomic E-state index is -1.50. The predicted octanol–water partition coefficient (Wildman–Crippen LogP) is 2.81. The number of phenolic OH excluding ortho intramolecular Hbond substituents is 10. The lowest BCUT2D eigenvalue weighted by Gasteiger charge is -2.32. The van der Waals surface area contributed by atoms with E-state index in [9.17, 15) is 51.1 Å². The quantitative estimate of drug-likeness (QED) is 0.0580. The molecular formula is C24H22BNO16. The summed E-state index contributed by atoms with van der Waals surface area (Å²) in [6, 6.07) is 0. The average Bonchev–Trinajstić information content (AvgIpc) is 3.07. The van der Waals surface area contributed by atoms with Crippen molar-refractivity contribution in [3.63, 3.8) is 0 Å². The Labute approximate surface area is 231 Å². The summed E-state index contributed by atoms with van der Waals surface area (Å²) in [7, 11) is -1.50. The number of fused-ring (bicyclic) bond motifs is 4. The second kappa shape index (κ2) is 8.11. The summed E-state index contributed by atoms with van der Waals surface area (Å²) in [6.45, 7) is 6.70. The first-order valence-corrected chi connectivity index (χ1v) is 12.0. The van der Waals surface area contributed by atoms with Crippen molar-refractivity contribution in [2.24, 2.45) is 0 Å². The van der Waals surface area contributed by atoms with Gasteiger partial charge in [-0.15, -0.1) is 0 Å². The van der Waals surface area contributed by atoms with Gasteiger partial charge in [-0.2, -0.15) is 0 Å². The van der Waals surface area contributed by atoms with E-state index in [2.05, 4.69) is 0 Å². The normalized spacial score (nSPS) is 16.2. The maximum absolute atomic E-state index is 11.4. The molecule has 5 aromatic rings. The molecule has 222 valence electrons. The Morgan fingerprint density at radius 2 is 0.762 bits per heavy atom. The first-order valence-electron chi connectivity index (χ1n) is 12.0. The zero-order valence-corrected chi connectivity index (χ0v) is 21.9. The summed E-state index contributed by atoms with van der Waals surface area (Å²) in [4.78, 5) is 0. The van der Waals surface area contributed by atoms with Crippen molar-refractivity contribution >= 4 is 51.5 Å². The average molecular weight is 591 g/mol. The van der Waals surface area contributed by atoms with Crippen LogP contribution < -0.4 is 5.46 Å². The number of benzene rings is 3. The maximum Gasteiger partial charge on any atom is 0.502 e. The van der Waals surface area contributed by atoms with Crippen LogP contribution in [-0.2, 0) is 9.31 Å². The fourth-order valence-corrected chi connectivity index (χ4v) is 4.63. The van der Waals surface area contributed by atoms with Crippen molar-refractivity contribution < 1.29 is 78.7 Å². The van der Waals surface area contributed by atoms with Gasteiger partial charge in [0.2, 0.25) is 40.1 Å². The highest BCUT2D eigenvalue weighted by Gasteiger charge is 2.54. The highest BCUT2D eigenvalue weighted by molar-refractivity contribution is 6.65. The van der Waals surface area contributed by atoms with Crippen LogP contribution >= 0.6 is 0 Å². The van der Waals surface area contributed by atoms with Crippen LogP contribution in [0.25, 0.3) is 38.9 Å². The van der Waals surface area contributed by atoms with Crippen LogP contribution in [0.3, 0.4) is 0 Å². The Kier molecular flexibility index (Phi) is 5.18. The van der Waals surface area contributed by atoms with E-state index in [4.69, 9.17) is 27.6 Å². The van der Waals surface area contributed by atoms with Crippen LogP contribution in [0.5, 0.6) is 57.5 Å². The van der Waals surface area contributed by atoms with Crippen molar-refractivity contribution in [1.29, 1.82) is 0 Å². The Bertz CT molecular complexity index is 2050. The minimum Gasteiger partial charge on any atom is -0.504 e. The zero-order valence-electron chi connectivity index (χ0n) is 21.9. The van der Waals surface area contributed by atoms with Gasteiger partial charge in [0.25, 0.3) is 16.7 Å². The molecule has 0 amide bonds. The van der Waals surface area contributed by atoms with E-state index in [1.807, 2.05) is 0 Å². The highest BCUT2D eigenvalue weighted by Crippen LogP contribution is 2.53. The lowest BCUT2D eigenvalue weighted by molar-refractivity contribution is 0.00578. The van der Waals surface area contributed by atoms with Crippen LogP contribution in [0, 0.1) is 0 Å². The molecule has 18 heteroatoms. The molecule has 0 radical (unpaired) electrons. The lowest BCUT2D eigenvalue weighted by Crippen LogP contribution is -2.41. The monoisotopic (exact) mass is 591 g/mol. The van der Waals surface area contributed by atoms with Crippen LogP contribution in [0.4, 0.5) is 0 Å². The number of hydrogen-bond acceptors (Lipinski definition) is 16. The van der Waals surface area contributed by atoms with Crippen LogP contribution in [0.2, 0.25) is 0 Å². The second-order valence-electron chi connectivity index (χ2n) is 10.5. The Morgan fingerprint density at radius 3 is 1.21 bits per heavy atom. The van der Waals surface area contributed by atoms with Gasteiger partial charge < -0.3 is 60.4 Å². The SMILES string of the molecule is CC1(C)OB(c2c(O)c(O)c3c(ooc4c(O)c(O)c(O)c5ooc6c(O)c(O)c(O)c(O)c6n3c54)c2O)OC1(C)C. The lowest BCUT2D eigenvalue weighted by atomic mass is 9.77. The molecule has 6 rings (SSSR count). The fourth-order valence-electron chi connectivity index (χ4n) is 4.63. The fraction of sp³-hybridized carbons (Fsp3) is 0.250. The number of phenols is 10.